The molecule has 1 aliphatic carbocycles. The number of H-pyrrole nitrogens is 1. The maximum absolute atomic E-state index is 15.9. The number of hydrogen-bond acceptors (Lipinski definition) is 4. The molecule has 0 bridgehead atoms. The molecule has 0 saturated heterocycles. The maximum atomic E-state index is 15.9. The summed E-state index contributed by atoms with van der Waals surface area (Å²) in [6.45, 7) is 0. The van der Waals surface area contributed by atoms with Crippen molar-refractivity contribution in [2.75, 3.05) is 0 Å². The third-order valence-electron chi connectivity index (χ3n) is 6.05. The Balaban J connectivity index is 1.71. The molecular formula is C21H16ClF5N4O2S. The van der Waals surface area contributed by atoms with Gasteiger partial charge >= 0.3 is 12.1 Å². The van der Waals surface area contributed by atoms with Gasteiger partial charge in [-0.15, -0.1) is 0 Å². The highest BCUT2D eigenvalue weighted by molar-refractivity contribution is 7.89. The van der Waals surface area contributed by atoms with Gasteiger partial charge in [-0.05, 0) is 48.6 Å². The summed E-state index contributed by atoms with van der Waals surface area (Å²) >= 11 is 5.91. The lowest BCUT2D eigenvalue weighted by atomic mass is 9.87. The summed E-state index contributed by atoms with van der Waals surface area (Å²) in [5, 5.41) is 6.34. The van der Waals surface area contributed by atoms with E-state index < -0.39 is 50.5 Å². The molecule has 13 heteroatoms. The Morgan fingerprint density at radius 1 is 1.06 bits per heavy atom. The molecule has 2 atom stereocenters. The van der Waals surface area contributed by atoms with Gasteiger partial charge in [-0.25, -0.2) is 8.42 Å². The van der Waals surface area contributed by atoms with Gasteiger partial charge in [-0.3, -0.25) is 10.1 Å². The first-order valence-electron chi connectivity index (χ1n) is 10.2. The highest BCUT2D eigenvalue weighted by atomic mass is 35.5. The summed E-state index contributed by atoms with van der Waals surface area (Å²) in [6, 6.07) is 3.62. The van der Waals surface area contributed by atoms with Gasteiger partial charge in [0, 0.05) is 16.8 Å². The fraction of sp³-hybridized carbons (Fsp3) is 0.333. The van der Waals surface area contributed by atoms with Crippen molar-refractivity contribution in [3.8, 4) is 0 Å². The van der Waals surface area contributed by atoms with Crippen LogP contribution in [-0.4, -0.2) is 27.9 Å². The lowest BCUT2D eigenvalue weighted by molar-refractivity contribution is -0.141. The van der Waals surface area contributed by atoms with E-state index in [1.165, 1.54) is 30.5 Å². The normalized spacial score (nSPS) is 23.0. The number of alkyl halides is 5. The topological polar surface area (TPSA) is 79.0 Å². The molecule has 1 N–H and O–H groups in total. The second kappa shape index (κ2) is 7.72. The number of pyridine rings is 1. The molecule has 0 unspecified atom stereocenters. The van der Waals surface area contributed by atoms with Crippen LogP contribution in [0.15, 0.2) is 53.7 Å². The smallest absolute Gasteiger partial charge is 0.276 e. The molecule has 1 fully saturated rings. The van der Waals surface area contributed by atoms with Gasteiger partial charge in [-0.2, -0.15) is 31.4 Å². The van der Waals surface area contributed by atoms with E-state index in [1.807, 2.05) is 0 Å². The van der Waals surface area contributed by atoms with Crippen molar-refractivity contribution in [3.05, 3.63) is 76.3 Å². The van der Waals surface area contributed by atoms with Crippen molar-refractivity contribution in [1.82, 2.24) is 19.5 Å². The third kappa shape index (κ3) is 3.68. The molecule has 3 aromatic rings. The van der Waals surface area contributed by atoms with Gasteiger partial charge in [0.05, 0.1) is 12.2 Å². The largest absolute Gasteiger partial charge is 0.433 e. The van der Waals surface area contributed by atoms with E-state index in [4.69, 9.17) is 11.6 Å². The summed E-state index contributed by atoms with van der Waals surface area (Å²) in [5.74, 6) is -3.98. The van der Waals surface area contributed by atoms with Crippen molar-refractivity contribution >= 4 is 21.6 Å². The van der Waals surface area contributed by atoms with Crippen LogP contribution in [0.1, 0.15) is 47.4 Å². The first-order valence-corrected chi connectivity index (χ1v) is 12.0. The average molecular weight is 519 g/mol. The lowest BCUT2D eigenvalue weighted by Crippen LogP contribution is -2.49. The van der Waals surface area contributed by atoms with Crippen LogP contribution in [0.5, 0.6) is 0 Å². The number of rotatable bonds is 4. The molecule has 0 radical (unpaired) electrons. The van der Waals surface area contributed by atoms with Gasteiger partial charge < -0.3 is 0 Å². The Morgan fingerprint density at radius 2 is 1.74 bits per heavy atom. The van der Waals surface area contributed by atoms with E-state index in [0.29, 0.717) is 29.4 Å². The first kappa shape index (κ1) is 23.2. The molecule has 1 saturated carbocycles. The summed E-state index contributed by atoms with van der Waals surface area (Å²) in [6.07, 6.45) is -1.85. The van der Waals surface area contributed by atoms with E-state index in [1.54, 1.807) is 0 Å². The highest BCUT2D eigenvalue weighted by Gasteiger charge is 2.61. The van der Waals surface area contributed by atoms with E-state index in [0.717, 1.165) is 6.07 Å². The summed E-state index contributed by atoms with van der Waals surface area (Å²) in [4.78, 5) is 2.60. The van der Waals surface area contributed by atoms with Gasteiger partial charge in [0.25, 0.3) is 0 Å². The minimum absolute atomic E-state index is 0.0243. The number of hydrogen-bond donors (Lipinski definition) is 1. The van der Waals surface area contributed by atoms with E-state index in [-0.39, 0.29) is 22.1 Å². The first-order chi connectivity index (χ1) is 15.9. The van der Waals surface area contributed by atoms with Crippen molar-refractivity contribution in [2.45, 2.75) is 41.9 Å². The molecule has 6 nitrogen and oxygen atoms in total. The Morgan fingerprint density at radius 3 is 2.29 bits per heavy atom. The third-order valence-corrected chi connectivity index (χ3v) is 8.13. The van der Waals surface area contributed by atoms with Crippen LogP contribution in [0.2, 0.25) is 5.02 Å². The SMILES string of the molecule is O=S(=O)(c1ccc(C(F)(F)F)nc1)N1[C@@H](C2CC2)c2cn[nH]c2C(F)(F)[C@@H]1c1ccc(Cl)cc1. The number of aromatic nitrogens is 3. The predicted octanol–water partition coefficient (Wildman–Crippen LogP) is 5.47. The van der Waals surface area contributed by atoms with Crippen molar-refractivity contribution in [2.24, 2.45) is 5.92 Å². The number of fused-ring (bicyclic) bond motifs is 1. The Bertz CT molecular complexity index is 1320. The van der Waals surface area contributed by atoms with Gasteiger partial charge in [0.15, 0.2) is 0 Å². The second-order valence-corrected chi connectivity index (χ2v) is 10.6. The summed E-state index contributed by atoms with van der Waals surface area (Å²) in [5.41, 5.74) is -1.76. The van der Waals surface area contributed by atoms with E-state index in [9.17, 15) is 21.6 Å². The van der Waals surface area contributed by atoms with E-state index >= 15 is 8.78 Å². The Labute approximate surface area is 195 Å². The molecule has 34 heavy (non-hydrogen) atoms. The molecular weight excluding hydrogens is 503 g/mol. The molecule has 2 aromatic heterocycles. The highest BCUT2D eigenvalue weighted by Crippen LogP contribution is 2.59. The zero-order chi connectivity index (χ0) is 24.5. The monoisotopic (exact) mass is 518 g/mol. The predicted molar refractivity (Wildman–Crippen MR) is 110 cm³/mol. The second-order valence-electron chi connectivity index (χ2n) is 8.27. The van der Waals surface area contributed by atoms with Crippen LogP contribution in [0, 0.1) is 5.92 Å². The molecule has 0 spiro atoms. The minimum atomic E-state index is -4.78. The van der Waals surface area contributed by atoms with Crippen molar-refractivity contribution in [3.63, 3.8) is 0 Å². The van der Waals surface area contributed by atoms with Crippen LogP contribution in [0.25, 0.3) is 0 Å². The number of nitrogens with zero attached hydrogens (tertiary/aromatic N) is 3. The summed E-state index contributed by atoms with van der Waals surface area (Å²) in [7, 11) is -4.73. The minimum Gasteiger partial charge on any atom is -0.276 e. The van der Waals surface area contributed by atoms with Crippen LogP contribution in [0.4, 0.5) is 22.0 Å². The zero-order valence-electron chi connectivity index (χ0n) is 17.1. The number of sulfonamides is 1. The van der Waals surface area contributed by atoms with Gasteiger partial charge in [0.2, 0.25) is 10.0 Å². The summed E-state index contributed by atoms with van der Waals surface area (Å²) < 4.78 is 98.9. The maximum Gasteiger partial charge on any atom is 0.433 e. The number of aromatic amines is 1. The molecule has 1 aliphatic heterocycles. The van der Waals surface area contributed by atoms with Crippen LogP contribution in [0.3, 0.4) is 0 Å². The number of benzene rings is 1. The average Bonchev–Trinajstić information content (AvgIpc) is 3.48. The van der Waals surface area contributed by atoms with E-state index in [2.05, 4.69) is 15.2 Å². The van der Waals surface area contributed by atoms with Crippen LogP contribution in [-0.2, 0) is 22.1 Å². The number of halogens is 6. The molecule has 0 amide bonds. The molecule has 5 rings (SSSR count). The fourth-order valence-electron chi connectivity index (χ4n) is 4.37. The quantitative estimate of drug-likeness (QED) is 0.465. The Kier molecular flexibility index (Phi) is 5.26. The van der Waals surface area contributed by atoms with Crippen molar-refractivity contribution in [1.29, 1.82) is 0 Å². The molecule has 2 aliphatic rings. The van der Waals surface area contributed by atoms with Gasteiger partial charge in [-0.1, -0.05) is 23.7 Å². The fourth-order valence-corrected chi connectivity index (χ4v) is 6.28. The van der Waals surface area contributed by atoms with Gasteiger partial charge in [0.1, 0.15) is 22.3 Å². The molecule has 3 heterocycles. The standard InChI is InChI=1S/C21H16ClF5N4O2S/c22-13-5-3-12(4-6-13)19-20(23,24)18-15(10-29-30-18)17(11-1-2-11)31(19)34(32,33)14-7-8-16(28-9-14)21(25,26)27/h3-11,17,19H,1-2H2,(H,29,30)/t17-,19-/m0/s1. The molecule has 180 valence electrons. The Hall–Kier alpha value is -2.57. The number of nitrogens with one attached hydrogen (secondary N) is 1. The zero-order valence-corrected chi connectivity index (χ0v) is 18.7. The van der Waals surface area contributed by atoms with Crippen LogP contribution >= 0.6 is 11.6 Å². The van der Waals surface area contributed by atoms with Crippen molar-refractivity contribution < 1.29 is 30.4 Å². The molecule has 1 aromatic carbocycles. The van der Waals surface area contributed by atoms with Crippen LogP contribution < -0.4 is 0 Å². The lowest BCUT2D eigenvalue weighted by Gasteiger charge is -2.44.